The molecule has 2 aromatic rings. The van der Waals surface area contributed by atoms with Gasteiger partial charge in [0.2, 0.25) is 0 Å². The Hall–Kier alpha value is -1.07. The van der Waals surface area contributed by atoms with Crippen molar-refractivity contribution in [1.29, 1.82) is 0 Å². The van der Waals surface area contributed by atoms with E-state index in [2.05, 4.69) is 10.1 Å². The van der Waals surface area contributed by atoms with Crippen LogP contribution in [0, 0.1) is 0 Å². The van der Waals surface area contributed by atoms with Gasteiger partial charge < -0.3 is 0 Å². The average molecular weight is 395 g/mol. The summed E-state index contributed by atoms with van der Waals surface area (Å²) in [6.45, 7) is 0. The fourth-order valence-corrected chi connectivity index (χ4v) is 2.24. The normalized spacial score (nSPS) is 13.2. The Bertz CT molecular complexity index is 615. The standard InChI is InChI=1S/C9H4F6IN3/c10-8(11,12)4-1-2-6-17-7(9(13,14)15)18-19(6)5(4)3-16/h1-2H,3H2. The number of pyridine rings is 1. The molecule has 10 heteroatoms. The van der Waals surface area contributed by atoms with E-state index in [9.17, 15) is 26.3 Å². The van der Waals surface area contributed by atoms with Gasteiger partial charge in [0.15, 0.2) is 5.65 Å². The summed E-state index contributed by atoms with van der Waals surface area (Å²) < 4.78 is 75.9. The van der Waals surface area contributed by atoms with Gasteiger partial charge in [-0.25, -0.2) is 9.50 Å². The van der Waals surface area contributed by atoms with Crippen molar-refractivity contribution in [3.05, 3.63) is 29.2 Å². The van der Waals surface area contributed by atoms with E-state index in [1.807, 2.05) is 0 Å². The zero-order chi connectivity index (χ0) is 14.4. The van der Waals surface area contributed by atoms with Gasteiger partial charge in [0.05, 0.1) is 11.3 Å². The molecule has 19 heavy (non-hydrogen) atoms. The molecule has 0 unspecified atom stereocenters. The highest BCUT2D eigenvalue weighted by atomic mass is 127. The third-order valence-electron chi connectivity index (χ3n) is 2.28. The molecule has 2 rings (SSSR count). The van der Waals surface area contributed by atoms with Crippen LogP contribution in [0.25, 0.3) is 5.65 Å². The van der Waals surface area contributed by atoms with Crippen LogP contribution >= 0.6 is 22.6 Å². The van der Waals surface area contributed by atoms with Gasteiger partial charge in [0.25, 0.3) is 5.82 Å². The van der Waals surface area contributed by atoms with Gasteiger partial charge in [-0.05, 0) is 12.1 Å². The Morgan fingerprint density at radius 2 is 1.68 bits per heavy atom. The predicted molar refractivity (Wildman–Crippen MR) is 60.7 cm³/mol. The predicted octanol–water partition coefficient (Wildman–Crippen LogP) is 3.70. The van der Waals surface area contributed by atoms with Gasteiger partial charge in [0, 0.05) is 4.43 Å². The van der Waals surface area contributed by atoms with Gasteiger partial charge in [0.1, 0.15) is 0 Å². The molecule has 2 heterocycles. The number of hydrogen-bond acceptors (Lipinski definition) is 2. The maximum absolute atomic E-state index is 12.7. The van der Waals surface area contributed by atoms with E-state index >= 15 is 0 Å². The fraction of sp³-hybridized carbons (Fsp3) is 0.333. The lowest BCUT2D eigenvalue weighted by Gasteiger charge is -2.11. The lowest BCUT2D eigenvalue weighted by Crippen LogP contribution is -2.13. The summed E-state index contributed by atoms with van der Waals surface area (Å²) >= 11 is 1.63. The van der Waals surface area contributed by atoms with Gasteiger partial charge in [-0.15, -0.1) is 5.10 Å². The van der Waals surface area contributed by atoms with Crippen molar-refractivity contribution in [2.24, 2.45) is 0 Å². The Labute approximate surface area is 115 Å². The molecular weight excluding hydrogens is 391 g/mol. The second-order valence-electron chi connectivity index (χ2n) is 3.53. The summed E-state index contributed by atoms with van der Waals surface area (Å²) in [4.78, 5) is 3.17. The summed E-state index contributed by atoms with van der Waals surface area (Å²) in [6, 6.07) is 1.57. The van der Waals surface area contributed by atoms with Crippen LogP contribution in [0.1, 0.15) is 17.1 Å². The number of hydrogen-bond donors (Lipinski definition) is 0. The summed E-state index contributed by atoms with van der Waals surface area (Å²) in [5, 5.41) is 3.10. The molecule has 0 amide bonds. The van der Waals surface area contributed by atoms with E-state index in [4.69, 9.17) is 0 Å². The smallest absolute Gasteiger partial charge is 0.216 e. The highest BCUT2D eigenvalue weighted by molar-refractivity contribution is 14.1. The molecule has 0 radical (unpaired) electrons. The molecule has 0 saturated carbocycles. The van der Waals surface area contributed by atoms with Gasteiger partial charge in [-0.1, -0.05) is 22.6 Å². The first-order valence-corrected chi connectivity index (χ1v) is 6.26. The first kappa shape index (κ1) is 14.3. The number of halogens is 7. The monoisotopic (exact) mass is 395 g/mol. The number of alkyl halides is 7. The largest absolute Gasteiger partial charge is 0.453 e. The third-order valence-corrected chi connectivity index (χ3v) is 3.01. The lowest BCUT2D eigenvalue weighted by molar-refractivity contribution is -0.144. The molecule has 104 valence electrons. The molecule has 0 bridgehead atoms. The van der Waals surface area contributed by atoms with E-state index in [0.29, 0.717) is 10.6 Å². The van der Waals surface area contributed by atoms with Crippen LogP contribution in [-0.4, -0.2) is 14.6 Å². The molecule has 0 fully saturated rings. The first-order valence-electron chi connectivity index (χ1n) is 4.73. The molecule has 0 spiro atoms. The Balaban J connectivity index is 2.73. The number of rotatable bonds is 1. The van der Waals surface area contributed by atoms with E-state index < -0.39 is 23.7 Å². The van der Waals surface area contributed by atoms with Crippen LogP contribution in [-0.2, 0) is 16.8 Å². The minimum Gasteiger partial charge on any atom is -0.216 e. The lowest BCUT2D eigenvalue weighted by atomic mass is 10.2. The number of fused-ring (bicyclic) bond motifs is 1. The molecule has 0 aliphatic rings. The van der Waals surface area contributed by atoms with Crippen molar-refractivity contribution >= 4 is 28.2 Å². The minimum atomic E-state index is -4.80. The van der Waals surface area contributed by atoms with Crippen molar-refractivity contribution in [3.63, 3.8) is 0 Å². The summed E-state index contributed by atoms with van der Waals surface area (Å²) in [7, 11) is 0. The van der Waals surface area contributed by atoms with E-state index in [-0.39, 0.29) is 15.8 Å². The van der Waals surface area contributed by atoms with Crippen molar-refractivity contribution in [2.75, 3.05) is 0 Å². The third kappa shape index (κ3) is 2.62. The van der Waals surface area contributed by atoms with E-state index in [1.165, 1.54) is 0 Å². The number of aromatic nitrogens is 3. The molecule has 0 aliphatic carbocycles. The second-order valence-corrected chi connectivity index (χ2v) is 4.29. The molecule has 2 aromatic heterocycles. The van der Waals surface area contributed by atoms with Crippen LogP contribution in [0.5, 0.6) is 0 Å². The molecule has 3 nitrogen and oxygen atoms in total. The maximum atomic E-state index is 12.7. The zero-order valence-corrected chi connectivity index (χ0v) is 11.0. The highest BCUT2D eigenvalue weighted by Gasteiger charge is 2.38. The highest BCUT2D eigenvalue weighted by Crippen LogP contribution is 2.34. The molecular formula is C9H4F6IN3. The zero-order valence-electron chi connectivity index (χ0n) is 8.85. The summed E-state index contributed by atoms with van der Waals surface area (Å²) in [5.41, 5.74) is -1.66. The van der Waals surface area contributed by atoms with Crippen molar-refractivity contribution in [1.82, 2.24) is 14.6 Å². The topological polar surface area (TPSA) is 30.2 Å². The summed E-state index contributed by atoms with van der Waals surface area (Å²) in [6.07, 6.45) is -9.45. The molecule has 0 N–H and O–H groups in total. The molecule has 0 atom stereocenters. The SMILES string of the molecule is FC(F)(F)c1nc2ccc(C(F)(F)F)c(CI)n2n1. The Morgan fingerprint density at radius 1 is 1.05 bits per heavy atom. The maximum Gasteiger partial charge on any atom is 0.453 e. The molecule has 0 saturated heterocycles. The van der Waals surface area contributed by atoms with Crippen LogP contribution in [0.15, 0.2) is 12.1 Å². The van der Waals surface area contributed by atoms with Gasteiger partial charge in [-0.3, -0.25) is 0 Å². The van der Waals surface area contributed by atoms with Gasteiger partial charge >= 0.3 is 12.4 Å². The van der Waals surface area contributed by atoms with E-state index in [0.717, 1.165) is 6.07 Å². The minimum absolute atomic E-state index is 0.148. The van der Waals surface area contributed by atoms with Crippen LogP contribution < -0.4 is 0 Å². The average Bonchev–Trinajstić information content (AvgIpc) is 2.69. The molecule has 0 aliphatic heterocycles. The van der Waals surface area contributed by atoms with Gasteiger partial charge in [-0.2, -0.15) is 26.3 Å². The number of nitrogens with zero attached hydrogens (tertiary/aromatic N) is 3. The molecule has 0 aromatic carbocycles. The van der Waals surface area contributed by atoms with Crippen LogP contribution in [0.3, 0.4) is 0 Å². The van der Waals surface area contributed by atoms with Crippen molar-refractivity contribution in [3.8, 4) is 0 Å². The summed E-state index contributed by atoms with van der Waals surface area (Å²) in [5.74, 6) is -1.46. The van der Waals surface area contributed by atoms with Crippen LogP contribution in [0.2, 0.25) is 0 Å². The first-order chi connectivity index (χ1) is 8.64. The van der Waals surface area contributed by atoms with Crippen LogP contribution in [0.4, 0.5) is 26.3 Å². The quantitative estimate of drug-likeness (QED) is 0.419. The van der Waals surface area contributed by atoms with Crippen molar-refractivity contribution in [2.45, 2.75) is 16.8 Å². The van der Waals surface area contributed by atoms with E-state index in [1.54, 1.807) is 22.6 Å². The second kappa shape index (κ2) is 4.49. The Morgan fingerprint density at radius 3 is 2.16 bits per heavy atom. The Kier molecular flexibility index (Phi) is 3.39. The fourth-order valence-electron chi connectivity index (χ4n) is 1.51. The van der Waals surface area contributed by atoms with Crippen molar-refractivity contribution < 1.29 is 26.3 Å².